The number of hydrogen-bond acceptors (Lipinski definition) is 5. The molecule has 0 bridgehead atoms. The number of methoxy groups -OCH3 is 2. The minimum absolute atomic E-state index is 0.390. The maximum absolute atomic E-state index is 13.7. The third kappa shape index (κ3) is 5.22. The van der Waals surface area contributed by atoms with Crippen LogP contribution in [0.1, 0.15) is 37.7 Å². The van der Waals surface area contributed by atoms with E-state index in [-0.39, 0.29) is 0 Å². The lowest BCUT2D eigenvalue weighted by atomic mass is 10.1. The number of aromatic nitrogens is 1. The summed E-state index contributed by atoms with van der Waals surface area (Å²) < 4.78 is 44.9. The van der Waals surface area contributed by atoms with Gasteiger partial charge in [0.2, 0.25) is 5.78 Å². The zero-order valence-electron chi connectivity index (χ0n) is 18.9. The first-order valence-electron chi connectivity index (χ1n) is 10.3. The van der Waals surface area contributed by atoms with E-state index in [9.17, 15) is 18.4 Å². The van der Waals surface area contributed by atoms with Crippen LogP contribution in [-0.2, 0) is 17.7 Å². The van der Waals surface area contributed by atoms with Gasteiger partial charge < -0.3 is 18.8 Å². The van der Waals surface area contributed by atoms with Crippen molar-refractivity contribution in [2.24, 2.45) is 0 Å². The average molecular weight is 457 g/mol. The van der Waals surface area contributed by atoms with Crippen molar-refractivity contribution in [2.75, 3.05) is 20.8 Å². The van der Waals surface area contributed by atoms with Crippen molar-refractivity contribution in [1.82, 2.24) is 4.57 Å². The summed E-state index contributed by atoms with van der Waals surface area (Å²) in [5.74, 6) is -2.47. The highest BCUT2D eigenvalue weighted by Crippen LogP contribution is 2.28. The number of aryl methyl sites for hydroxylation is 2. The lowest BCUT2D eigenvalue weighted by molar-refractivity contribution is 0.0465. The molecule has 0 aliphatic heterocycles. The van der Waals surface area contributed by atoms with E-state index in [1.54, 1.807) is 27.2 Å². The average Bonchev–Trinajstić information content (AvgIpc) is 3.08. The Hall–Kier alpha value is -3.68. The van der Waals surface area contributed by atoms with Crippen molar-refractivity contribution in [3.05, 3.63) is 82.2 Å². The van der Waals surface area contributed by atoms with Crippen molar-refractivity contribution in [1.29, 1.82) is 0 Å². The van der Waals surface area contributed by atoms with Gasteiger partial charge in [-0.3, -0.25) is 4.79 Å². The monoisotopic (exact) mass is 457 g/mol. The minimum Gasteiger partial charge on any atom is -0.493 e. The van der Waals surface area contributed by atoms with Gasteiger partial charge in [0, 0.05) is 23.5 Å². The second-order valence-electron chi connectivity index (χ2n) is 7.47. The summed E-state index contributed by atoms with van der Waals surface area (Å²) in [4.78, 5) is 24.7. The van der Waals surface area contributed by atoms with Crippen LogP contribution < -0.4 is 9.47 Å². The van der Waals surface area contributed by atoms with Crippen LogP contribution in [0.4, 0.5) is 8.78 Å². The van der Waals surface area contributed by atoms with Crippen LogP contribution in [0, 0.1) is 25.5 Å². The van der Waals surface area contributed by atoms with E-state index in [0.29, 0.717) is 35.7 Å². The van der Waals surface area contributed by atoms with Crippen LogP contribution in [0.5, 0.6) is 11.5 Å². The number of rotatable bonds is 9. The Labute approximate surface area is 190 Å². The van der Waals surface area contributed by atoms with E-state index in [1.165, 1.54) is 0 Å². The minimum atomic E-state index is -1.22. The number of benzene rings is 2. The molecule has 1 aromatic heterocycles. The molecule has 0 unspecified atom stereocenters. The van der Waals surface area contributed by atoms with Gasteiger partial charge in [0.1, 0.15) is 17.2 Å². The molecule has 6 nitrogen and oxygen atoms in total. The lowest BCUT2D eigenvalue weighted by Crippen LogP contribution is -2.17. The molecule has 0 saturated heterocycles. The van der Waals surface area contributed by atoms with Gasteiger partial charge in [-0.1, -0.05) is 12.1 Å². The molecule has 0 saturated carbocycles. The van der Waals surface area contributed by atoms with Crippen LogP contribution in [0.2, 0.25) is 0 Å². The molecule has 0 aliphatic rings. The van der Waals surface area contributed by atoms with Crippen molar-refractivity contribution in [3.8, 4) is 11.5 Å². The molecule has 3 aromatic rings. The quantitative estimate of drug-likeness (QED) is 0.345. The van der Waals surface area contributed by atoms with Gasteiger partial charge in [-0.15, -0.1) is 0 Å². The Morgan fingerprint density at radius 2 is 1.61 bits per heavy atom. The van der Waals surface area contributed by atoms with E-state index in [0.717, 1.165) is 29.5 Å². The molecule has 0 aliphatic carbocycles. The molecule has 174 valence electrons. The predicted octanol–water partition coefficient (Wildman–Crippen LogP) is 4.68. The largest absolute Gasteiger partial charge is 0.493 e. The van der Waals surface area contributed by atoms with E-state index in [4.69, 9.17) is 14.2 Å². The summed E-state index contributed by atoms with van der Waals surface area (Å²) in [6.45, 7) is 3.67. The smallest absolute Gasteiger partial charge is 0.344 e. The fourth-order valence-corrected chi connectivity index (χ4v) is 3.68. The topological polar surface area (TPSA) is 66.8 Å². The van der Waals surface area contributed by atoms with Crippen LogP contribution in [0.3, 0.4) is 0 Å². The maximum Gasteiger partial charge on any atom is 0.344 e. The number of carbonyl (C=O) groups excluding carboxylic acids is 2. The highest BCUT2D eigenvalue weighted by Gasteiger charge is 2.22. The van der Waals surface area contributed by atoms with E-state index < -0.39 is 35.6 Å². The second-order valence-corrected chi connectivity index (χ2v) is 7.47. The zero-order chi connectivity index (χ0) is 24.1. The summed E-state index contributed by atoms with van der Waals surface area (Å²) in [6, 6.07) is 10.4. The SMILES string of the molecule is COc1ccc(CCn2c(C)cc(C(=O)COC(=O)c3c(F)cccc3F)c2C)cc1OC. The zero-order valence-corrected chi connectivity index (χ0v) is 18.9. The molecule has 0 amide bonds. The van der Waals surface area contributed by atoms with Crippen molar-refractivity contribution in [3.63, 3.8) is 0 Å². The second kappa shape index (κ2) is 10.3. The van der Waals surface area contributed by atoms with E-state index >= 15 is 0 Å². The molecule has 1 heterocycles. The van der Waals surface area contributed by atoms with E-state index in [2.05, 4.69) is 0 Å². The van der Waals surface area contributed by atoms with Crippen LogP contribution >= 0.6 is 0 Å². The van der Waals surface area contributed by atoms with Crippen LogP contribution in [-0.4, -0.2) is 37.1 Å². The van der Waals surface area contributed by atoms with Gasteiger partial charge >= 0.3 is 5.97 Å². The van der Waals surface area contributed by atoms with Gasteiger partial charge in [0.05, 0.1) is 14.2 Å². The van der Waals surface area contributed by atoms with Crippen LogP contribution in [0.15, 0.2) is 42.5 Å². The number of nitrogens with zero attached hydrogens (tertiary/aromatic N) is 1. The predicted molar refractivity (Wildman–Crippen MR) is 118 cm³/mol. The molecule has 33 heavy (non-hydrogen) atoms. The number of ketones is 1. The number of Topliss-reactive ketones (excluding diaryl/α,β-unsaturated/α-hetero) is 1. The number of carbonyl (C=O) groups is 2. The first-order valence-corrected chi connectivity index (χ1v) is 10.3. The highest BCUT2D eigenvalue weighted by molar-refractivity contribution is 6.00. The summed E-state index contributed by atoms with van der Waals surface area (Å²) >= 11 is 0. The first-order chi connectivity index (χ1) is 15.8. The number of hydrogen-bond donors (Lipinski definition) is 0. The Morgan fingerprint density at radius 3 is 2.24 bits per heavy atom. The number of ether oxygens (including phenoxy) is 3. The first kappa shape index (κ1) is 24.0. The maximum atomic E-state index is 13.7. The van der Waals surface area contributed by atoms with Gasteiger partial charge in [0.25, 0.3) is 0 Å². The Kier molecular flexibility index (Phi) is 7.48. The molecule has 3 rings (SSSR count). The molecule has 0 atom stereocenters. The standard InChI is InChI=1S/C25H25F2NO5/c1-15-12-18(21(29)14-33-25(30)24-19(26)6-5-7-20(24)27)16(2)28(15)11-10-17-8-9-22(31-3)23(13-17)32-4/h5-9,12-13H,10-11,14H2,1-4H3. The van der Waals surface area contributed by atoms with Crippen LogP contribution in [0.25, 0.3) is 0 Å². The van der Waals surface area contributed by atoms with Gasteiger partial charge in [-0.05, 0) is 56.2 Å². The summed E-state index contributed by atoms with van der Waals surface area (Å²) in [5, 5.41) is 0. The van der Waals surface area contributed by atoms with Crippen molar-refractivity contribution in [2.45, 2.75) is 26.8 Å². The molecule has 2 aromatic carbocycles. The lowest BCUT2D eigenvalue weighted by Gasteiger charge is -2.12. The van der Waals surface area contributed by atoms with Gasteiger partial charge in [-0.2, -0.15) is 0 Å². The third-order valence-electron chi connectivity index (χ3n) is 5.45. The van der Waals surface area contributed by atoms with Gasteiger partial charge in [0.15, 0.2) is 18.1 Å². The molecule has 0 N–H and O–H groups in total. The Morgan fingerprint density at radius 1 is 0.939 bits per heavy atom. The molecule has 0 spiro atoms. The molecular weight excluding hydrogens is 432 g/mol. The van der Waals surface area contributed by atoms with Gasteiger partial charge in [-0.25, -0.2) is 13.6 Å². The Balaban J connectivity index is 1.68. The number of esters is 1. The highest BCUT2D eigenvalue weighted by atomic mass is 19.1. The number of halogens is 2. The molecule has 0 radical (unpaired) electrons. The Bertz CT molecular complexity index is 1170. The third-order valence-corrected chi connectivity index (χ3v) is 5.45. The normalized spacial score (nSPS) is 10.7. The fraction of sp³-hybridized carbons (Fsp3) is 0.280. The summed E-state index contributed by atoms with van der Waals surface area (Å²) in [5.41, 5.74) is 2.19. The molecular formula is C25H25F2NO5. The van der Waals surface area contributed by atoms with Crippen molar-refractivity contribution >= 4 is 11.8 Å². The fourth-order valence-electron chi connectivity index (χ4n) is 3.68. The molecule has 0 fully saturated rings. The summed E-state index contributed by atoms with van der Waals surface area (Å²) in [6.07, 6.45) is 0.686. The summed E-state index contributed by atoms with van der Waals surface area (Å²) in [7, 11) is 3.15. The van der Waals surface area contributed by atoms with E-state index in [1.807, 2.05) is 29.7 Å². The molecule has 8 heteroatoms. The van der Waals surface area contributed by atoms with Crippen molar-refractivity contribution < 1.29 is 32.6 Å².